The first-order valence-electron chi connectivity index (χ1n) is 5.45. The summed E-state index contributed by atoms with van der Waals surface area (Å²) < 4.78 is 13.3. The molecule has 0 unspecified atom stereocenters. The molecule has 2 aromatic carbocycles. The highest BCUT2D eigenvalue weighted by Gasteiger charge is 2.04. The molecule has 2 aromatic rings. The smallest absolute Gasteiger partial charge is 0.159 e. The number of aryl methyl sites for hydroxylation is 1. The zero-order valence-electron chi connectivity index (χ0n) is 9.83. The lowest BCUT2D eigenvalue weighted by atomic mass is 10.00. The van der Waals surface area contributed by atoms with Gasteiger partial charge in [0, 0.05) is 5.56 Å². The van der Waals surface area contributed by atoms with Crippen LogP contribution in [0, 0.1) is 12.7 Å². The Balaban J connectivity index is 2.52. The molecule has 0 aliphatic heterocycles. The minimum absolute atomic E-state index is 0.0139. The fourth-order valence-electron chi connectivity index (χ4n) is 1.82. The van der Waals surface area contributed by atoms with Crippen LogP contribution in [0.15, 0.2) is 42.5 Å². The molecule has 0 aliphatic rings. The van der Waals surface area contributed by atoms with Gasteiger partial charge < -0.3 is 0 Å². The fraction of sp³-hybridized carbons (Fsp3) is 0.133. The predicted octanol–water partition coefficient (Wildman–Crippen LogP) is 4.00. The second-order valence-electron chi connectivity index (χ2n) is 4.15. The molecule has 0 heterocycles. The third-order valence-electron chi connectivity index (χ3n) is 2.64. The molecule has 0 atom stereocenters. The first-order valence-corrected chi connectivity index (χ1v) is 5.45. The zero-order chi connectivity index (χ0) is 12.4. The molecule has 2 heteroatoms. The molecule has 0 spiro atoms. The fourth-order valence-corrected chi connectivity index (χ4v) is 1.82. The Morgan fingerprint density at radius 3 is 2.47 bits per heavy atom. The maximum atomic E-state index is 13.3. The topological polar surface area (TPSA) is 17.1 Å². The number of carbonyl (C=O) groups excluding carboxylic acids is 1. The van der Waals surface area contributed by atoms with Crippen molar-refractivity contribution in [2.75, 3.05) is 0 Å². The van der Waals surface area contributed by atoms with E-state index in [4.69, 9.17) is 0 Å². The average molecular weight is 228 g/mol. The second kappa shape index (κ2) is 4.50. The van der Waals surface area contributed by atoms with Crippen molar-refractivity contribution in [3.63, 3.8) is 0 Å². The van der Waals surface area contributed by atoms with E-state index >= 15 is 0 Å². The second-order valence-corrected chi connectivity index (χ2v) is 4.15. The largest absolute Gasteiger partial charge is 0.295 e. The van der Waals surface area contributed by atoms with E-state index in [-0.39, 0.29) is 11.6 Å². The van der Waals surface area contributed by atoms with E-state index in [1.807, 2.05) is 25.1 Å². The van der Waals surface area contributed by atoms with Crippen LogP contribution in [-0.4, -0.2) is 5.78 Å². The summed E-state index contributed by atoms with van der Waals surface area (Å²) in [5, 5.41) is 0. The van der Waals surface area contributed by atoms with Crippen molar-refractivity contribution in [3.05, 3.63) is 59.4 Å². The molecule has 0 saturated heterocycles. The molecule has 0 radical (unpaired) electrons. The molecule has 0 N–H and O–H groups in total. The quantitative estimate of drug-likeness (QED) is 0.710. The first kappa shape index (κ1) is 11.5. The van der Waals surface area contributed by atoms with Crippen LogP contribution in [0.4, 0.5) is 4.39 Å². The number of rotatable bonds is 2. The Morgan fingerprint density at radius 2 is 1.82 bits per heavy atom. The van der Waals surface area contributed by atoms with Crippen LogP contribution in [-0.2, 0) is 0 Å². The third kappa shape index (κ3) is 2.59. The standard InChI is InChI=1S/C15H13FO/c1-10-6-14(9-15(16)7-10)13-5-3-4-12(8-13)11(2)17/h3-9H,1-2H3. The maximum absolute atomic E-state index is 13.3. The molecule has 2 rings (SSSR count). The van der Waals surface area contributed by atoms with Gasteiger partial charge in [0.05, 0.1) is 0 Å². The molecule has 1 nitrogen and oxygen atoms in total. The summed E-state index contributed by atoms with van der Waals surface area (Å²) in [7, 11) is 0. The van der Waals surface area contributed by atoms with Crippen molar-refractivity contribution in [3.8, 4) is 11.1 Å². The van der Waals surface area contributed by atoms with E-state index in [1.165, 1.54) is 19.1 Å². The van der Waals surface area contributed by atoms with Crippen LogP contribution in [0.25, 0.3) is 11.1 Å². The van der Waals surface area contributed by atoms with Crippen LogP contribution < -0.4 is 0 Å². The molecule has 17 heavy (non-hydrogen) atoms. The van der Waals surface area contributed by atoms with Gasteiger partial charge in [-0.15, -0.1) is 0 Å². The van der Waals surface area contributed by atoms with Crippen LogP contribution in [0.1, 0.15) is 22.8 Å². The van der Waals surface area contributed by atoms with Gasteiger partial charge in [-0.25, -0.2) is 4.39 Å². The number of hydrogen-bond donors (Lipinski definition) is 0. The Labute approximate surface area is 99.9 Å². The first-order chi connectivity index (χ1) is 8.06. The van der Waals surface area contributed by atoms with Crippen molar-refractivity contribution >= 4 is 5.78 Å². The van der Waals surface area contributed by atoms with Gasteiger partial charge in [0.1, 0.15) is 5.82 Å². The van der Waals surface area contributed by atoms with Crippen molar-refractivity contribution < 1.29 is 9.18 Å². The van der Waals surface area contributed by atoms with Crippen LogP contribution in [0.2, 0.25) is 0 Å². The van der Waals surface area contributed by atoms with Gasteiger partial charge in [-0.2, -0.15) is 0 Å². The molecular weight excluding hydrogens is 215 g/mol. The summed E-state index contributed by atoms with van der Waals surface area (Å²) in [6.07, 6.45) is 0. The lowest BCUT2D eigenvalue weighted by molar-refractivity contribution is 0.101. The number of hydrogen-bond acceptors (Lipinski definition) is 1. The highest BCUT2D eigenvalue weighted by Crippen LogP contribution is 2.23. The van der Waals surface area contributed by atoms with Gasteiger partial charge in [-0.1, -0.05) is 24.3 Å². The van der Waals surface area contributed by atoms with E-state index < -0.39 is 0 Å². The Morgan fingerprint density at radius 1 is 1.06 bits per heavy atom. The van der Waals surface area contributed by atoms with Gasteiger partial charge in [0.25, 0.3) is 0 Å². The summed E-state index contributed by atoms with van der Waals surface area (Å²) in [5.41, 5.74) is 3.17. The molecule has 0 aliphatic carbocycles. The number of halogens is 1. The normalized spacial score (nSPS) is 10.3. The lowest BCUT2D eigenvalue weighted by Crippen LogP contribution is -1.92. The summed E-state index contributed by atoms with van der Waals surface area (Å²) in [6, 6.07) is 12.1. The minimum Gasteiger partial charge on any atom is -0.295 e. The molecule has 0 aromatic heterocycles. The maximum Gasteiger partial charge on any atom is 0.159 e. The summed E-state index contributed by atoms with van der Waals surface area (Å²) in [5.74, 6) is -0.242. The van der Waals surface area contributed by atoms with Gasteiger partial charge in [0.15, 0.2) is 5.78 Å². The zero-order valence-corrected chi connectivity index (χ0v) is 9.83. The lowest BCUT2D eigenvalue weighted by Gasteiger charge is -2.05. The van der Waals surface area contributed by atoms with Gasteiger partial charge in [-0.3, -0.25) is 4.79 Å². The molecule has 0 saturated carbocycles. The van der Waals surface area contributed by atoms with E-state index in [2.05, 4.69) is 0 Å². The molecular formula is C15H13FO. The molecule has 0 amide bonds. The summed E-state index contributed by atoms with van der Waals surface area (Å²) in [6.45, 7) is 3.37. The minimum atomic E-state index is -0.256. The highest BCUT2D eigenvalue weighted by atomic mass is 19.1. The Hall–Kier alpha value is -1.96. The number of benzene rings is 2. The Bertz CT molecular complexity index is 553. The van der Waals surface area contributed by atoms with Crippen LogP contribution in [0.5, 0.6) is 0 Å². The average Bonchev–Trinajstić information content (AvgIpc) is 2.28. The van der Waals surface area contributed by atoms with Crippen molar-refractivity contribution in [1.82, 2.24) is 0 Å². The van der Waals surface area contributed by atoms with Crippen molar-refractivity contribution in [2.24, 2.45) is 0 Å². The van der Waals surface area contributed by atoms with Crippen molar-refractivity contribution in [1.29, 1.82) is 0 Å². The monoisotopic (exact) mass is 228 g/mol. The Kier molecular flexibility index (Phi) is 3.05. The molecule has 86 valence electrons. The third-order valence-corrected chi connectivity index (χ3v) is 2.64. The van der Waals surface area contributed by atoms with Crippen molar-refractivity contribution in [2.45, 2.75) is 13.8 Å². The molecule has 0 bridgehead atoms. The van der Waals surface area contributed by atoms with E-state index in [1.54, 1.807) is 12.1 Å². The summed E-state index contributed by atoms with van der Waals surface area (Å²) >= 11 is 0. The van der Waals surface area contributed by atoms with Gasteiger partial charge in [0.2, 0.25) is 0 Å². The van der Waals surface area contributed by atoms with Gasteiger partial charge in [-0.05, 0) is 48.7 Å². The van der Waals surface area contributed by atoms with Gasteiger partial charge >= 0.3 is 0 Å². The number of ketones is 1. The van der Waals surface area contributed by atoms with E-state index in [0.29, 0.717) is 5.56 Å². The SMILES string of the molecule is CC(=O)c1cccc(-c2cc(C)cc(F)c2)c1. The highest BCUT2D eigenvalue weighted by molar-refractivity contribution is 5.95. The molecule has 0 fully saturated rings. The number of carbonyl (C=O) groups is 1. The summed E-state index contributed by atoms with van der Waals surface area (Å²) in [4.78, 5) is 11.3. The van der Waals surface area contributed by atoms with Crippen LogP contribution >= 0.6 is 0 Å². The predicted molar refractivity (Wildman–Crippen MR) is 66.6 cm³/mol. The van der Waals surface area contributed by atoms with E-state index in [0.717, 1.165) is 16.7 Å². The van der Waals surface area contributed by atoms with E-state index in [9.17, 15) is 9.18 Å². The number of Topliss-reactive ketones (excluding diaryl/α,β-unsaturated/α-hetero) is 1. The van der Waals surface area contributed by atoms with Crippen LogP contribution in [0.3, 0.4) is 0 Å².